The van der Waals surface area contributed by atoms with Gasteiger partial charge in [0, 0.05) is 12.1 Å². The Hall–Kier alpha value is -0.860. The van der Waals surface area contributed by atoms with Crippen LogP contribution in [0.5, 0.6) is 0 Å². The van der Waals surface area contributed by atoms with Crippen LogP contribution < -0.4 is 5.32 Å². The molecule has 0 amide bonds. The highest BCUT2D eigenvalue weighted by atomic mass is 16.3. The summed E-state index contributed by atoms with van der Waals surface area (Å²) in [6.07, 6.45) is 2.62. The van der Waals surface area contributed by atoms with Crippen LogP contribution in [0.2, 0.25) is 0 Å². The molecule has 1 aliphatic rings. The highest BCUT2D eigenvalue weighted by molar-refractivity contribution is 5.21. The molecule has 0 radical (unpaired) electrons. The van der Waals surface area contributed by atoms with Crippen molar-refractivity contribution in [1.82, 2.24) is 5.32 Å². The minimum absolute atomic E-state index is 0.177. The largest absolute Gasteiger partial charge is 0.395 e. The Kier molecular flexibility index (Phi) is 3.39. The predicted octanol–water partition coefficient (Wildman–Crippen LogP) is 2.11. The Bertz CT molecular complexity index is 295. The summed E-state index contributed by atoms with van der Waals surface area (Å²) >= 11 is 0. The molecule has 1 saturated carbocycles. The monoisotopic (exact) mass is 205 g/mol. The molecule has 1 aromatic carbocycles. The van der Waals surface area contributed by atoms with E-state index in [1.54, 1.807) is 0 Å². The van der Waals surface area contributed by atoms with Gasteiger partial charge in [0.15, 0.2) is 0 Å². The smallest absolute Gasteiger partial charge is 0.0582 e. The van der Waals surface area contributed by atoms with Crippen LogP contribution in [-0.4, -0.2) is 17.8 Å². The van der Waals surface area contributed by atoms with Crippen molar-refractivity contribution in [3.05, 3.63) is 35.9 Å². The fraction of sp³-hybridized carbons (Fsp3) is 0.538. The van der Waals surface area contributed by atoms with Crippen molar-refractivity contribution in [3.63, 3.8) is 0 Å². The maximum absolute atomic E-state index is 9.07. The van der Waals surface area contributed by atoms with Crippen LogP contribution >= 0.6 is 0 Å². The first-order valence-corrected chi connectivity index (χ1v) is 5.73. The van der Waals surface area contributed by atoms with Crippen molar-refractivity contribution in [2.45, 2.75) is 31.8 Å². The zero-order chi connectivity index (χ0) is 10.7. The molecule has 0 aliphatic heterocycles. The third-order valence-electron chi connectivity index (χ3n) is 2.99. The normalized spacial score (nSPS) is 19.9. The van der Waals surface area contributed by atoms with Crippen molar-refractivity contribution in [1.29, 1.82) is 0 Å². The van der Waals surface area contributed by atoms with Gasteiger partial charge in [0.2, 0.25) is 0 Å². The maximum Gasteiger partial charge on any atom is 0.0582 e. The minimum Gasteiger partial charge on any atom is -0.395 e. The van der Waals surface area contributed by atoms with Gasteiger partial charge in [0.05, 0.1) is 6.61 Å². The number of benzene rings is 1. The molecule has 1 unspecified atom stereocenters. The van der Waals surface area contributed by atoms with Crippen LogP contribution in [0.1, 0.15) is 31.4 Å². The summed E-state index contributed by atoms with van der Waals surface area (Å²) in [4.78, 5) is 0. The number of aliphatic hydroxyl groups excluding tert-OH is 1. The summed E-state index contributed by atoms with van der Waals surface area (Å²) in [6, 6.07) is 11.1. The van der Waals surface area contributed by atoms with E-state index in [1.165, 1.54) is 18.4 Å². The third kappa shape index (κ3) is 2.80. The lowest BCUT2D eigenvalue weighted by molar-refractivity contribution is 0.236. The van der Waals surface area contributed by atoms with Crippen LogP contribution in [0.3, 0.4) is 0 Å². The summed E-state index contributed by atoms with van der Waals surface area (Å²) in [5.41, 5.74) is 1.35. The molecular formula is C13H19NO. The Balaban J connectivity index is 2.06. The van der Waals surface area contributed by atoms with Crippen molar-refractivity contribution >= 4 is 0 Å². The van der Waals surface area contributed by atoms with E-state index < -0.39 is 0 Å². The van der Waals surface area contributed by atoms with Gasteiger partial charge in [-0.2, -0.15) is 0 Å². The zero-order valence-electron chi connectivity index (χ0n) is 9.19. The lowest BCUT2D eigenvalue weighted by atomic mass is 10.0. The molecule has 0 spiro atoms. The van der Waals surface area contributed by atoms with Crippen LogP contribution in [0.25, 0.3) is 0 Å². The minimum atomic E-state index is 0.177. The Morgan fingerprint density at radius 2 is 2.00 bits per heavy atom. The number of hydrogen-bond acceptors (Lipinski definition) is 2. The van der Waals surface area contributed by atoms with E-state index in [0.717, 1.165) is 5.92 Å². The molecule has 1 aliphatic carbocycles. The number of aliphatic hydroxyl groups is 1. The molecule has 2 heteroatoms. The molecule has 15 heavy (non-hydrogen) atoms. The first-order valence-electron chi connectivity index (χ1n) is 5.73. The maximum atomic E-state index is 9.07. The van der Waals surface area contributed by atoms with Gasteiger partial charge in [-0.25, -0.2) is 0 Å². The summed E-state index contributed by atoms with van der Waals surface area (Å²) in [6.45, 7) is 2.23. The van der Waals surface area contributed by atoms with Gasteiger partial charge < -0.3 is 10.4 Å². The molecular weight excluding hydrogens is 186 g/mol. The second-order valence-electron chi connectivity index (χ2n) is 4.48. The zero-order valence-corrected chi connectivity index (χ0v) is 9.19. The molecule has 0 aromatic heterocycles. The predicted molar refractivity (Wildman–Crippen MR) is 61.6 cm³/mol. The number of hydrogen-bond donors (Lipinski definition) is 2. The van der Waals surface area contributed by atoms with E-state index in [0.29, 0.717) is 6.04 Å². The molecule has 2 N–H and O–H groups in total. The van der Waals surface area contributed by atoms with Gasteiger partial charge in [-0.1, -0.05) is 30.3 Å². The van der Waals surface area contributed by atoms with E-state index in [-0.39, 0.29) is 12.6 Å². The lowest BCUT2D eigenvalue weighted by Gasteiger charge is -2.22. The van der Waals surface area contributed by atoms with Gasteiger partial charge >= 0.3 is 0 Å². The summed E-state index contributed by atoms with van der Waals surface area (Å²) in [7, 11) is 0. The summed E-state index contributed by atoms with van der Waals surface area (Å²) in [5, 5.41) is 12.6. The molecule has 2 nitrogen and oxygen atoms in total. The number of rotatable bonds is 5. The highest BCUT2D eigenvalue weighted by Gasteiger charge is 2.32. The molecule has 1 aromatic rings. The van der Waals surface area contributed by atoms with Crippen molar-refractivity contribution < 1.29 is 5.11 Å². The van der Waals surface area contributed by atoms with Crippen molar-refractivity contribution in [2.75, 3.05) is 6.61 Å². The van der Waals surface area contributed by atoms with Gasteiger partial charge in [-0.3, -0.25) is 0 Å². The van der Waals surface area contributed by atoms with Gasteiger partial charge in [0.1, 0.15) is 0 Å². The van der Waals surface area contributed by atoms with Crippen molar-refractivity contribution in [2.24, 2.45) is 5.92 Å². The molecule has 82 valence electrons. The fourth-order valence-corrected chi connectivity index (χ4v) is 1.95. The Morgan fingerprint density at radius 1 is 1.33 bits per heavy atom. The molecule has 1 fully saturated rings. The van der Waals surface area contributed by atoms with Crippen LogP contribution in [-0.2, 0) is 0 Å². The van der Waals surface area contributed by atoms with Gasteiger partial charge in [-0.05, 0) is 31.2 Å². The van der Waals surface area contributed by atoms with E-state index in [2.05, 4.69) is 29.6 Å². The lowest BCUT2D eigenvalue weighted by Crippen LogP contribution is -2.34. The number of nitrogens with one attached hydrogen (secondary N) is 1. The molecule has 0 saturated heterocycles. The second-order valence-corrected chi connectivity index (χ2v) is 4.48. The van der Waals surface area contributed by atoms with E-state index >= 15 is 0 Å². The van der Waals surface area contributed by atoms with E-state index in [4.69, 9.17) is 5.11 Å². The van der Waals surface area contributed by atoms with Crippen LogP contribution in [0, 0.1) is 5.92 Å². The average molecular weight is 205 g/mol. The quantitative estimate of drug-likeness (QED) is 0.771. The van der Waals surface area contributed by atoms with Crippen molar-refractivity contribution in [3.8, 4) is 0 Å². The first kappa shape index (κ1) is 10.7. The Morgan fingerprint density at radius 3 is 2.53 bits per heavy atom. The molecule has 0 heterocycles. The summed E-state index contributed by atoms with van der Waals surface area (Å²) in [5.74, 6) is 0.765. The fourth-order valence-electron chi connectivity index (χ4n) is 1.95. The highest BCUT2D eigenvalue weighted by Crippen LogP contribution is 2.41. The average Bonchev–Trinajstić information content (AvgIpc) is 3.10. The molecule has 0 bridgehead atoms. The molecule has 2 atom stereocenters. The van der Waals surface area contributed by atoms with Gasteiger partial charge in [0.25, 0.3) is 0 Å². The van der Waals surface area contributed by atoms with Crippen LogP contribution in [0.15, 0.2) is 30.3 Å². The third-order valence-corrected chi connectivity index (χ3v) is 2.99. The Labute approximate surface area is 91.3 Å². The van der Waals surface area contributed by atoms with E-state index in [9.17, 15) is 0 Å². The second kappa shape index (κ2) is 4.77. The summed E-state index contributed by atoms with van der Waals surface area (Å²) < 4.78 is 0. The first-order chi connectivity index (χ1) is 7.31. The standard InChI is InChI=1S/C13H19NO/c1-10(9-15)14-13(12-7-8-12)11-5-3-2-4-6-11/h2-6,10,12-15H,7-9H2,1H3/t10-,13?/m1/s1. The van der Waals surface area contributed by atoms with Crippen LogP contribution in [0.4, 0.5) is 0 Å². The van der Waals surface area contributed by atoms with E-state index in [1.807, 2.05) is 13.0 Å². The topological polar surface area (TPSA) is 32.3 Å². The SMILES string of the molecule is C[C@H](CO)NC(c1ccccc1)C1CC1. The molecule has 2 rings (SSSR count). The van der Waals surface area contributed by atoms with Gasteiger partial charge in [-0.15, -0.1) is 0 Å².